The average molecular weight is 385 g/mol. The summed E-state index contributed by atoms with van der Waals surface area (Å²) in [6.45, 7) is 0. The Hall–Kier alpha value is -4.00. The normalized spacial score (nSPS) is 19.7. The molecule has 2 atom stereocenters. The van der Waals surface area contributed by atoms with Crippen molar-refractivity contribution < 1.29 is 23.7 Å². The molecule has 2 heterocycles. The lowest BCUT2D eigenvalue weighted by molar-refractivity contribution is -0.385. The molecular formula is C22H11NO6. The van der Waals surface area contributed by atoms with Crippen molar-refractivity contribution in [2.24, 2.45) is 0 Å². The van der Waals surface area contributed by atoms with Crippen molar-refractivity contribution in [3.8, 4) is 5.75 Å². The van der Waals surface area contributed by atoms with Crippen LogP contribution in [-0.4, -0.2) is 22.6 Å². The fourth-order valence-electron chi connectivity index (χ4n) is 4.53. The number of ketones is 2. The van der Waals surface area contributed by atoms with E-state index in [0.717, 1.165) is 5.39 Å². The van der Waals surface area contributed by atoms with Crippen LogP contribution in [0.2, 0.25) is 0 Å². The number of para-hydroxylation sites is 1. The first-order chi connectivity index (χ1) is 14.1. The summed E-state index contributed by atoms with van der Waals surface area (Å²) in [6.07, 6.45) is -1.04. The Balaban J connectivity index is 1.68. The predicted molar refractivity (Wildman–Crippen MR) is 103 cm³/mol. The molecule has 2 aliphatic rings. The number of nitro groups is 1. The van der Waals surface area contributed by atoms with Crippen molar-refractivity contribution in [3.05, 3.63) is 81.4 Å². The van der Waals surface area contributed by atoms with Crippen LogP contribution in [0.4, 0.5) is 5.69 Å². The second-order valence-electron chi connectivity index (χ2n) is 7.15. The van der Waals surface area contributed by atoms with E-state index in [0.29, 0.717) is 27.9 Å². The second-order valence-corrected chi connectivity index (χ2v) is 7.15. The molecule has 0 radical (unpaired) electrons. The fraction of sp³-hybridized carbons (Fsp3) is 0.0909. The lowest BCUT2D eigenvalue weighted by atomic mass is 9.76. The van der Waals surface area contributed by atoms with Crippen LogP contribution in [0.1, 0.15) is 32.2 Å². The molecule has 6 rings (SSSR count). The maximum atomic E-state index is 13.5. The molecule has 1 aliphatic heterocycles. The second kappa shape index (κ2) is 5.29. The number of fused-ring (bicyclic) bond motifs is 8. The van der Waals surface area contributed by atoms with Crippen LogP contribution < -0.4 is 4.74 Å². The molecule has 4 aromatic rings. The molecule has 0 saturated heterocycles. The molecule has 0 amide bonds. The summed E-state index contributed by atoms with van der Waals surface area (Å²) in [6, 6.07) is 14.9. The van der Waals surface area contributed by atoms with E-state index in [9.17, 15) is 19.7 Å². The zero-order valence-electron chi connectivity index (χ0n) is 14.7. The topological polar surface area (TPSA) is 99.7 Å². The highest BCUT2D eigenvalue weighted by Crippen LogP contribution is 2.50. The third-order valence-electron chi connectivity index (χ3n) is 5.70. The number of hydrogen-bond donors (Lipinski definition) is 0. The summed E-state index contributed by atoms with van der Waals surface area (Å²) in [5, 5.41) is 13.0. The highest BCUT2D eigenvalue weighted by Gasteiger charge is 2.52. The molecule has 0 saturated carbocycles. The summed E-state index contributed by atoms with van der Waals surface area (Å²) in [5.74, 6) is -1.43. The number of carbonyl (C=O) groups excluding carboxylic acids is 2. The highest BCUT2D eigenvalue weighted by atomic mass is 16.6. The number of benzene rings is 3. The van der Waals surface area contributed by atoms with Gasteiger partial charge in [-0.05, 0) is 18.2 Å². The van der Waals surface area contributed by atoms with Crippen LogP contribution in [0.3, 0.4) is 0 Å². The zero-order chi connectivity index (χ0) is 19.9. The minimum atomic E-state index is -1.04. The molecule has 140 valence electrons. The van der Waals surface area contributed by atoms with E-state index in [1.54, 1.807) is 12.1 Å². The van der Waals surface area contributed by atoms with E-state index >= 15 is 0 Å². The first-order valence-electron chi connectivity index (χ1n) is 9.03. The van der Waals surface area contributed by atoms with Gasteiger partial charge in [0.15, 0.2) is 11.9 Å². The summed E-state index contributed by atoms with van der Waals surface area (Å²) in [5.41, 5.74) is 1.30. The molecule has 0 fully saturated rings. The Morgan fingerprint density at radius 2 is 1.72 bits per heavy atom. The van der Waals surface area contributed by atoms with Crippen LogP contribution >= 0.6 is 0 Å². The predicted octanol–water partition coefficient (Wildman–Crippen LogP) is 4.42. The minimum Gasteiger partial charge on any atom is -0.481 e. The summed E-state index contributed by atoms with van der Waals surface area (Å²) in [4.78, 5) is 37.4. The van der Waals surface area contributed by atoms with Crippen molar-refractivity contribution in [3.63, 3.8) is 0 Å². The lowest BCUT2D eigenvalue weighted by Gasteiger charge is -2.24. The summed E-state index contributed by atoms with van der Waals surface area (Å²) in [7, 11) is 0. The van der Waals surface area contributed by atoms with Gasteiger partial charge in [-0.2, -0.15) is 0 Å². The Kier molecular flexibility index (Phi) is 2.92. The lowest BCUT2D eigenvalue weighted by Crippen LogP contribution is -2.39. The number of furan rings is 1. The number of Topliss-reactive ketones (excluding diaryl/α,β-unsaturated/α-hetero) is 2. The van der Waals surface area contributed by atoms with Crippen molar-refractivity contribution in [1.29, 1.82) is 0 Å². The summed E-state index contributed by atoms with van der Waals surface area (Å²) >= 11 is 0. The molecule has 0 spiro atoms. The maximum absolute atomic E-state index is 13.5. The largest absolute Gasteiger partial charge is 0.481 e. The maximum Gasteiger partial charge on any atom is 0.280 e. The molecule has 1 aliphatic carbocycles. The van der Waals surface area contributed by atoms with E-state index in [1.807, 2.05) is 24.3 Å². The van der Waals surface area contributed by atoms with E-state index in [-0.39, 0.29) is 16.8 Å². The summed E-state index contributed by atoms with van der Waals surface area (Å²) < 4.78 is 11.8. The van der Waals surface area contributed by atoms with Gasteiger partial charge in [-0.25, -0.2) is 0 Å². The average Bonchev–Trinajstić information content (AvgIpc) is 3.29. The van der Waals surface area contributed by atoms with E-state index in [2.05, 4.69) is 0 Å². The highest BCUT2D eigenvalue weighted by molar-refractivity contribution is 6.23. The Bertz CT molecular complexity index is 1420. The molecule has 7 nitrogen and oxygen atoms in total. The minimum absolute atomic E-state index is 0.0338. The standard InChI is InChI=1S/C22H11NO6/c24-20-11-5-3-6-12(23(26)27)16(11)21(25)19-18-15(29-22(19)20)9-8-14-17(18)10-4-1-2-7-13(10)28-14/h1-9,19,22H/t19-,22-/m1/s1. The molecule has 7 heteroatoms. The molecule has 0 unspecified atom stereocenters. The smallest absolute Gasteiger partial charge is 0.280 e. The Morgan fingerprint density at radius 1 is 0.897 bits per heavy atom. The third-order valence-corrected chi connectivity index (χ3v) is 5.70. The van der Waals surface area contributed by atoms with Crippen LogP contribution in [0, 0.1) is 10.1 Å². The van der Waals surface area contributed by atoms with Gasteiger partial charge in [0.25, 0.3) is 5.69 Å². The van der Waals surface area contributed by atoms with Gasteiger partial charge in [-0.15, -0.1) is 0 Å². The quantitative estimate of drug-likeness (QED) is 0.355. The number of nitro benzene ring substituents is 1. The fourth-order valence-corrected chi connectivity index (χ4v) is 4.53. The van der Waals surface area contributed by atoms with Crippen molar-refractivity contribution in [2.45, 2.75) is 12.0 Å². The van der Waals surface area contributed by atoms with Crippen LogP contribution in [0.15, 0.2) is 59.0 Å². The number of nitrogens with zero attached hydrogens (tertiary/aromatic N) is 1. The van der Waals surface area contributed by atoms with Crippen LogP contribution in [-0.2, 0) is 0 Å². The van der Waals surface area contributed by atoms with Gasteiger partial charge in [0.2, 0.25) is 5.78 Å². The Labute approximate surface area is 162 Å². The third kappa shape index (κ3) is 1.91. The Morgan fingerprint density at radius 3 is 2.55 bits per heavy atom. The van der Waals surface area contributed by atoms with Crippen molar-refractivity contribution in [2.75, 3.05) is 0 Å². The number of hydrogen-bond acceptors (Lipinski definition) is 6. The number of rotatable bonds is 1. The molecule has 1 aromatic heterocycles. The van der Waals surface area contributed by atoms with Crippen molar-refractivity contribution >= 4 is 39.2 Å². The SMILES string of the molecule is O=C1c2cccc([N+](=O)[O-])c2C(=O)[C@H]2c3c(ccc4oc5ccccc5c34)O[C@@H]12. The first-order valence-corrected chi connectivity index (χ1v) is 9.03. The van der Waals surface area contributed by atoms with Gasteiger partial charge in [-0.3, -0.25) is 19.7 Å². The molecule has 29 heavy (non-hydrogen) atoms. The first kappa shape index (κ1) is 16.0. The zero-order valence-corrected chi connectivity index (χ0v) is 14.7. The monoisotopic (exact) mass is 385 g/mol. The van der Waals surface area contributed by atoms with E-state index < -0.39 is 28.5 Å². The number of carbonyl (C=O) groups is 2. The molecular weight excluding hydrogens is 374 g/mol. The van der Waals surface area contributed by atoms with Gasteiger partial charge in [0.05, 0.1) is 10.8 Å². The molecule has 0 N–H and O–H groups in total. The number of ether oxygens (including phenoxy) is 1. The van der Waals surface area contributed by atoms with Gasteiger partial charge in [0.1, 0.15) is 22.5 Å². The van der Waals surface area contributed by atoms with Gasteiger partial charge in [0, 0.05) is 28.0 Å². The van der Waals surface area contributed by atoms with Gasteiger partial charge < -0.3 is 9.15 Å². The van der Waals surface area contributed by atoms with Crippen LogP contribution in [0.5, 0.6) is 5.75 Å². The van der Waals surface area contributed by atoms with Crippen LogP contribution in [0.25, 0.3) is 21.9 Å². The molecule has 3 aromatic carbocycles. The van der Waals surface area contributed by atoms with E-state index in [1.165, 1.54) is 18.2 Å². The van der Waals surface area contributed by atoms with Crippen molar-refractivity contribution in [1.82, 2.24) is 0 Å². The molecule has 0 bridgehead atoms. The van der Waals surface area contributed by atoms with Gasteiger partial charge in [-0.1, -0.05) is 30.3 Å². The van der Waals surface area contributed by atoms with E-state index in [4.69, 9.17) is 9.15 Å². The van der Waals surface area contributed by atoms with Gasteiger partial charge >= 0.3 is 0 Å².